The monoisotopic (exact) mass is 357 g/mol. The molecule has 7 heteroatoms. The molecule has 1 amide bonds. The van der Waals surface area contributed by atoms with E-state index in [1.165, 1.54) is 6.08 Å². The maximum Gasteiger partial charge on any atom is 0.246 e. The molecule has 3 aliphatic heterocycles. The van der Waals surface area contributed by atoms with Crippen LogP contribution in [0, 0.1) is 11.8 Å². The SMILES string of the molecule is C=CC(=O)N1CCC2CCN(/C(=N/C)C3C(C(C)=O)=CNC3N=C)C2C1. The van der Waals surface area contributed by atoms with Crippen LogP contribution in [-0.4, -0.2) is 72.9 Å². The van der Waals surface area contributed by atoms with Crippen molar-refractivity contribution >= 4 is 24.2 Å². The van der Waals surface area contributed by atoms with E-state index in [2.05, 4.69) is 33.5 Å². The van der Waals surface area contributed by atoms with Crippen LogP contribution in [0.1, 0.15) is 19.8 Å². The second-order valence-electron chi connectivity index (χ2n) is 7.10. The molecule has 0 spiro atoms. The summed E-state index contributed by atoms with van der Waals surface area (Å²) in [5.74, 6) is 1.14. The van der Waals surface area contributed by atoms with Crippen LogP contribution in [0.3, 0.4) is 0 Å². The summed E-state index contributed by atoms with van der Waals surface area (Å²) < 4.78 is 0. The fourth-order valence-electron chi connectivity index (χ4n) is 4.49. The lowest BCUT2D eigenvalue weighted by Crippen LogP contribution is -2.53. The van der Waals surface area contributed by atoms with Crippen molar-refractivity contribution in [3.8, 4) is 0 Å². The minimum absolute atomic E-state index is 0.0117. The molecule has 0 radical (unpaired) electrons. The van der Waals surface area contributed by atoms with Crippen LogP contribution in [0.5, 0.6) is 0 Å². The number of nitrogens with one attached hydrogen (secondary N) is 1. The Morgan fingerprint density at radius 3 is 2.69 bits per heavy atom. The van der Waals surface area contributed by atoms with Crippen molar-refractivity contribution in [3.63, 3.8) is 0 Å². The van der Waals surface area contributed by atoms with Gasteiger partial charge in [-0.05, 0) is 38.5 Å². The second-order valence-corrected chi connectivity index (χ2v) is 7.10. The van der Waals surface area contributed by atoms with E-state index in [4.69, 9.17) is 0 Å². The molecular weight excluding hydrogens is 330 g/mol. The topological polar surface area (TPSA) is 77.4 Å². The first kappa shape index (κ1) is 18.4. The molecule has 0 aromatic carbocycles. The molecule has 2 fully saturated rings. The van der Waals surface area contributed by atoms with Gasteiger partial charge in [0.1, 0.15) is 12.0 Å². The normalized spacial score (nSPS) is 31.2. The van der Waals surface area contributed by atoms with Gasteiger partial charge >= 0.3 is 0 Å². The van der Waals surface area contributed by atoms with Gasteiger partial charge < -0.3 is 15.1 Å². The van der Waals surface area contributed by atoms with E-state index >= 15 is 0 Å². The lowest BCUT2D eigenvalue weighted by molar-refractivity contribution is -0.128. The number of hydrogen-bond donors (Lipinski definition) is 1. The van der Waals surface area contributed by atoms with Gasteiger partial charge in [0.05, 0.1) is 12.0 Å². The van der Waals surface area contributed by atoms with Crippen LogP contribution in [0.25, 0.3) is 0 Å². The third-order valence-electron chi connectivity index (χ3n) is 5.81. The van der Waals surface area contributed by atoms with Crippen LogP contribution >= 0.6 is 0 Å². The molecule has 3 aliphatic rings. The molecule has 4 unspecified atom stereocenters. The van der Waals surface area contributed by atoms with E-state index in [1.54, 1.807) is 20.2 Å². The number of nitrogens with zero attached hydrogens (tertiary/aromatic N) is 4. The Hall–Kier alpha value is -2.44. The number of rotatable bonds is 4. The standard InChI is InChI=1S/C19H27N5O2/c1-5-16(26)23-8-6-13-7-9-24(15(13)11-23)19(21-4)17-14(12(2)25)10-22-18(17)20-3/h5,10,13,15,17-18,22H,1,3,6-9,11H2,2,4H3/b21-19+. The van der Waals surface area contributed by atoms with E-state index in [-0.39, 0.29) is 29.8 Å². The highest BCUT2D eigenvalue weighted by Crippen LogP contribution is 2.36. The van der Waals surface area contributed by atoms with Crippen LogP contribution in [0.2, 0.25) is 0 Å². The smallest absolute Gasteiger partial charge is 0.246 e. The number of piperidine rings is 1. The van der Waals surface area contributed by atoms with E-state index < -0.39 is 0 Å². The summed E-state index contributed by atoms with van der Waals surface area (Å²) in [6, 6.07) is 0.214. The molecule has 140 valence electrons. The average molecular weight is 357 g/mol. The zero-order chi connectivity index (χ0) is 18.8. The quantitative estimate of drug-likeness (QED) is 0.460. The second kappa shape index (κ2) is 7.43. The predicted molar refractivity (Wildman–Crippen MR) is 102 cm³/mol. The summed E-state index contributed by atoms with van der Waals surface area (Å²) >= 11 is 0. The van der Waals surface area contributed by atoms with E-state index in [0.29, 0.717) is 18.0 Å². The number of fused-ring (bicyclic) bond motifs is 1. The van der Waals surface area contributed by atoms with Crippen molar-refractivity contribution in [2.24, 2.45) is 21.8 Å². The third kappa shape index (κ3) is 3.06. The summed E-state index contributed by atoms with van der Waals surface area (Å²) in [7, 11) is 1.76. The molecule has 3 rings (SSSR count). The summed E-state index contributed by atoms with van der Waals surface area (Å²) in [6.45, 7) is 11.2. The Labute approximate surface area is 154 Å². The van der Waals surface area contributed by atoms with Gasteiger partial charge in [-0.1, -0.05) is 6.58 Å². The average Bonchev–Trinajstić information content (AvgIpc) is 3.26. The van der Waals surface area contributed by atoms with Crippen molar-refractivity contribution < 1.29 is 9.59 Å². The van der Waals surface area contributed by atoms with Crippen LogP contribution in [0.4, 0.5) is 0 Å². The first-order chi connectivity index (χ1) is 12.5. The van der Waals surface area contributed by atoms with Gasteiger partial charge in [0.2, 0.25) is 5.91 Å². The van der Waals surface area contributed by atoms with Gasteiger partial charge in [-0.25, -0.2) is 0 Å². The Balaban J connectivity index is 1.87. The molecule has 7 nitrogen and oxygen atoms in total. The molecule has 0 saturated carbocycles. The molecule has 0 aliphatic carbocycles. The van der Waals surface area contributed by atoms with Gasteiger partial charge in [-0.2, -0.15) is 0 Å². The molecule has 3 heterocycles. The maximum atomic E-state index is 12.1. The van der Waals surface area contributed by atoms with Crippen molar-refractivity contribution in [2.45, 2.75) is 32.0 Å². The number of likely N-dealkylation sites (tertiary alicyclic amines) is 2. The first-order valence-corrected chi connectivity index (χ1v) is 9.09. The highest BCUT2D eigenvalue weighted by atomic mass is 16.2. The zero-order valence-electron chi connectivity index (χ0n) is 15.5. The number of carbonyl (C=O) groups excluding carboxylic acids is 2. The number of Topliss-reactive ketones (excluding diaryl/α,β-unsaturated/α-hetero) is 1. The highest BCUT2D eigenvalue weighted by molar-refractivity contribution is 6.03. The van der Waals surface area contributed by atoms with Crippen LogP contribution < -0.4 is 5.32 Å². The van der Waals surface area contributed by atoms with Gasteiger partial charge in [-0.15, -0.1) is 0 Å². The highest BCUT2D eigenvalue weighted by Gasteiger charge is 2.45. The van der Waals surface area contributed by atoms with Gasteiger partial charge in [0.15, 0.2) is 5.78 Å². The van der Waals surface area contributed by atoms with Crippen molar-refractivity contribution in [3.05, 3.63) is 24.4 Å². The summed E-state index contributed by atoms with van der Waals surface area (Å²) in [6.07, 6.45) is 4.88. The summed E-state index contributed by atoms with van der Waals surface area (Å²) in [4.78, 5) is 37.0. The van der Waals surface area contributed by atoms with E-state index in [1.807, 2.05) is 4.90 Å². The fourth-order valence-corrected chi connectivity index (χ4v) is 4.49. The van der Waals surface area contributed by atoms with E-state index in [0.717, 1.165) is 31.8 Å². The molecular formula is C19H27N5O2. The number of amidine groups is 1. The van der Waals surface area contributed by atoms with Crippen molar-refractivity contribution in [1.82, 2.24) is 15.1 Å². The maximum absolute atomic E-state index is 12.1. The largest absolute Gasteiger partial charge is 0.369 e. The molecule has 0 aromatic rings. The summed E-state index contributed by atoms with van der Waals surface area (Å²) in [5, 5.41) is 3.14. The third-order valence-corrected chi connectivity index (χ3v) is 5.81. The molecule has 0 bridgehead atoms. The Morgan fingerprint density at radius 2 is 2.08 bits per heavy atom. The Morgan fingerprint density at radius 1 is 1.35 bits per heavy atom. The van der Waals surface area contributed by atoms with Crippen molar-refractivity contribution in [1.29, 1.82) is 0 Å². The number of aliphatic imine (C=N–C) groups is 2. The van der Waals surface area contributed by atoms with Crippen LogP contribution in [-0.2, 0) is 9.59 Å². The number of carbonyl (C=O) groups is 2. The van der Waals surface area contributed by atoms with Crippen molar-refractivity contribution in [2.75, 3.05) is 26.7 Å². The van der Waals surface area contributed by atoms with Gasteiger partial charge in [0.25, 0.3) is 0 Å². The lowest BCUT2D eigenvalue weighted by atomic mass is 9.90. The van der Waals surface area contributed by atoms with Gasteiger partial charge in [-0.3, -0.25) is 19.6 Å². The Bertz CT molecular complexity index is 683. The number of hydrogen-bond acceptors (Lipinski definition) is 5. The molecule has 2 saturated heterocycles. The fraction of sp³-hybridized carbons (Fsp3) is 0.579. The van der Waals surface area contributed by atoms with E-state index in [9.17, 15) is 9.59 Å². The molecule has 1 N–H and O–H groups in total. The summed E-state index contributed by atoms with van der Waals surface area (Å²) in [5.41, 5.74) is 0.682. The Kier molecular flexibility index (Phi) is 5.25. The predicted octanol–water partition coefficient (Wildman–Crippen LogP) is 0.843. The minimum Gasteiger partial charge on any atom is -0.369 e. The zero-order valence-corrected chi connectivity index (χ0v) is 15.5. The first-order valence-electron chi connectivity index (χ1n) is 9.09. The number of amides is 1. The van der Waals surface area contributed by atoms with Gasteiger partial charge in [0, 0.05) is 38.5 Å². The molecule has 4 atom stereocenters. The van der Waals surface area contributed by atoms with Crippen LogP contribution in [0.15, 0.2) is 34.4 Å². The number of ketones is 1. The molecule has 26 heavy (non-hydrogen) atoms. The molecule has 0 aromatic heterocycles. The lowest BCUT2D eigenvalue weighted by Gasteiger charge is -2.40. The minimum atomic E-state index is -0.291.